The molecule has 8 heteroatoms. The number of ketones is 1. The van der Waals surface area contributed by atoms with E-state index in [1.54, 1.807) is 19.1 Å². The van der Waals surface area contributed by atoms with Crippen LogP contribution in [0.15, 0.2) is 42.5 Å². The molecule has 2 heterocycles. The van der Waals surface area contributed by atoms with Gasteiger partial charge in [-0.05, 0) is 50.6 Å². The highest BCUT2D eigenvalue weighted by Crippen LogP contribution is 2.30. The number of halogens is 1. The maximum Gasteiger partial charge on any atom is 0.251 e. The van der Waals surface area contributed by atoms with E-state index in [1.165, 1.54) is 30.3 Å². The Labute approximate surface area is 184 Å². The van der Waals surface area contributed by atoms with Crippen LogP contribution in [-0.2, 0) is 0 Å². The van der Waals surface area contributed by atoms with Gasteiger partial charge in [0.05, 0.1) is 0 Å². The molecule has 1 saturated heterocycles. The van der Waals surface area contributed by atoms with E-state index < -0.39 is 22.9 Å². The molecule has 3 aromatic rings. The van der Waals surface area contributed by atoms with E-state index in [2.05, 4.69) is 15.6 Å². The summed E-state index contributed by atoms with van der Waals surface area (Å²) in [6.07, 6.45) is 1.70. The third-order valence-corrected chi connectivity index (χ3v) is 5.76. The molecule has 1 amide bonds. The molecule has 1 aliphatic rings. The van der Waals surface area contributed by atoms with Crippen LogP contribution in [0.4, 0.5) is 4.39 Å². The normalized spacial score (nSPS) is 18.8. The summed E-state index contributed by atoms with van der Waals surface area (Å²) < 4.78 is 15.1. The second-order valence-corrected chi connectivity index (χ2v) is 8.11. The van der Waals surface area contributed by atoms with Gasteiger partial charge in [0.2, 0.25) is 0 Å². The molecular formula is C24H25FN4O3. The van der Waals surface area contributed by atoms with Crippen molar-refractivity contribution in [1.29, 1.82) is 0 Å². The summed E-state index contributed by atoms with van der Waals surface area (Å²) in [4.78, 5) is 29.7. The summed E-state index contributed by atoms with van der Waals surface area (Å²) in [6.45, 7) is 3.22. The lowest BCUT2D eigenvalue weighted by Crippen LogP contribution is -2.50. The van der Waals surface area contributed by atoms with Gasteiger partial charge >= 0.3 is 0 Å². The van der Waals surface area contributed by atoms with Gasteiger partial charge < -0.3 is 21.5 Å². The van der Waals surface area contributed by atoms with Gasteiger partial charge in [0, 0.05) is 40.8 Å². The van der Waals surface area contributed by atoms with Crippen molar-refractivity contribution in [3.63, 3.8) is 0 Å². The highest BCUT2D eigenvalue weighted by molar-refractivity contribution is 6.13. The first kappa shape index (κ1) is 21.9. The first-order valence-electron chi connectivity index (χ1n) is 10.6. The summed E-state index contributed by atoms with van der Waals surface area (Å²) in [7, 11) is 0. The molecule has 4 rings (SSSR count). The minimum Gasteiger partial charge on any atom is -0.507 e. The summed E-state index contributed by atoms with van der Waals surface area (Å²) in [5, 5.41) is 16.9. The van der Waals surface area contributed by atoms with Crippen molar-refractivity contribution in [2.24, 2.45) is 5.73 Å². The van der Waals surface area contributed by atoms with Crippen molar-refractivity contribution < 1.29 is 19.1 Å². The zero-order valence-electron chi connectivity index (χ0n) is 17.7. The number of nitrogens with zero attached hydrogens (tertiary/aromatic N) is 1. The number of amides is 1. The minimum atomic E-state index is -0.869. The topological polar surface area (TPSA) is 117 Å². The fourth-order valence-electron chi connectivity index (χ4n) is 3.95. The smallest absolute Gasteiger partial charge is 0.251 e. The Morgan fingerprint density at radius 3 is 2.66 bits per heavy atom. The minimum absolute atomic E-state index is 0.0244. The molecule has 0 aliphatic carbocycles. The fourth-order valence-corrected chi connectivity index (χ4v) is 3.95. The van der Waals surface area contributed by atoms with Crippen LogP contribution < -0.4 is 16.4 Å². The van der Waals surface area contributed by atoms with Crippen LogP contribution in [0.5, 0.6) is 5.75 Å². The molecule has 0 bridgehead atoms. The number of rotatable bonds is 4. The lowest BCUT2D eigenvalue weighted by molar-refractivity contribution is 0.0928. The zero-order chi connectivity index (χ0) is 22.8. The number of fused-ring (bicyclic) bond motifs is 1. The molecule has 0 saturated carbocycles. The third kappa shape index (κ3) is 4.32. The second kappa shape index (κ2) is 9.02. The van der Waals surface area contributed by atoms with Crippen LogP contribution in [0.25, 0.3) is 10.9 Å². The van der Waals surface area contributed by atoms with Crippen molar-refractivity contribution in [2.45, 2.75) is 31.8 Å². The summed E-state index contributed by atoms with van der Waals surface area (Å²) in [5.41, 5.74) is 6.82. The van der Waals surface area contributed by atoms with Crippen molar-refractivity contribution in [2.75, 3.05) is 13.1 Å². The molecular weight excluding hydrogens is 411 g/mol. The summed E-state index contributed by atoms with van der Waals surface area (Å²) in [5.74, 6) is -2.30. The van der Waals surface area contributed by atoms with E-state index >= 15 is 4.39 Å². The van der Waals surface area contributed by atoms with Crippen molar-refractivity contribution in [1.82, 2.24) is 15.6 Å². The summed E-state index contributed by atoms with van der Waals surface area (Å²) in [6, 6.07) is 10.2. The quantitative estimate of drug-likeness (QED) is 0.467. The number of aromatic hydroxyl groups is 1. The van der Waals surface area contributed by atoms with E-state index in [0.29, 0.717) is 23.2 Å². The molecule has 2 atom stereocenters. The van der Waals surface area contributed by atoms with Gasteiger partial charge in [0.25, 0.3) is 5.91 Å². The van der Waals surface area contributed by atoms with E-state index in [4.69, 9.17) is 5.73 Å². The number of nitrogens with one attached hydrogen (secondary N) is 2. The number of carbonyl (C=O) groups excluding carboxylic acids is 2. The van der Waals surface area contributed by atoms with Crippen molar-refractivity contribution in [3.05, 3.63) is 70.7 Å². The zero-order valence-corrected chi connectivity index (χ0v) is 17.7. The maximum atomic E-state index is 15.1. The van der Waals surface area contributed by atoms with Gasteiger partial charge in [-0.3, -0.25) is 14.6 Å². The predicted octanol–water partition coefficient (Wildman–Crippen LogP) is 2.43. The van der Waals surface area contributed by atoms with Crippen LogP contribution in [-0.4, -0.2) is 47.0 Å². The molecule has 1 aliphatic heterocycles. The number of hydrogen-bond donors (Lipinski definition) is 4. The molecule has 0 spiro atoms. The maximum absolute atomic E-state index is 15.1. The number of phenols is 1. The van der Waals surface area contributed by atoms with Crippen molar-refractivity contribution >= 4 is 22.6 Å². The molecule has 1 aromatic heterocycles. The van der Waals surface area contributed by atoms with E-state index in [9.17, 15) is 14.7 Å². The number of aryl methyl sites for hydroxylation is 1. The molecule has 5 N–H and O–H groups in total. The van der Waals surface area contributed by atoms with E-state index in [0.717, 1.165) is 19.4 Å². The Bertz CT molecular complexity index is 1180. The average molecular weight is 436 g/mol. The van der Waals surface area contributed by atoms with Gasteiger partial charge in [-0.25, -0.2) is 4.39 Å². The summed E-state index contributed by atoms with van der Waals surface area (Å²) >= 11 is 0. The number of hydrogen-bond acceptors (Lipinski definition) is 6. The van der Waals surface area contributed by atoms with Crippen molar-refractivity contribution in [3.8, 4) is 5.75 Å². The molecule has 1 fully saturated rings. The predicted molar refractivity (Wildman–Crippen MR) is 119 cm³/mol. The number of benzene rings is 2. The second-order valence-electron chi connectivity index (χ2n) is 8.11. The number of pyridine rings is 1. The number of nitrogens with two attached hydrogens (primary N) is 1. The molecule has 0 unspecified atom stereocenters. The Balaban J connectivity index is 1.56. The van der Waals surface area contributed by atoms with E-state index in [-0.39, 0.29) is 29.1 Å². The standard InChI is InChI=1S/C24H25FN4O3/c1-13-4-5-16-11-19(30)20(21(25)22(16)28-13)23(31)14-6-8-15(9-7-14)24(32)29-18-3-2-10-27-12-17(18)26/h4-9,11,17-18,27,30H,2-3,10,12,26H2,1H3,(H,29,32)/t17-,18-/m1/s1. The fraction of sp³-hybridized carbons (Fsp3) is 0.292. The number of aromatic nitrogens is 1. The Morgan fingerprint density at radius 2 is 1.91 bits per heavy atom. The third-order valence-electron chi connectivity index (χ3n) is 5.76. The van der Waals surface area contributed by atoms with Gasteiger partial charge in [-0.1, -0.05) is 18.2 Å². The highest BCUT2D eigenvalue weighted by atomic mass is 19.1. The first-order valence-corrected chi connectivity index (χ1v) is 10.6. The molecule has 2 aromatic carbocycles. The van der Waals surface area contributed by atoms with Crippen LogP contribution in [0.1, 0.15) is 44.8 Å². The Hall–Kier alpha value is -3.36. The van der Waals surface area contributed by atoms with Crippen LogP contribution >= 0.6 is 0 Å². The molecule has 7 nitrogen and oxygen atoms in total. The average Bonchev–Trinajstić information content (AvgIpc) is 2.98. The largest absolute Gasteiger partial charge is 0.507 e. The van der Waals surface area contributed by atoms with Gasteiger partial charge in [-0.2, -0.15) is 0 Å². The SMILES string of the molecule is Cc1ccc2cc(O)c(C(=O)c3ccc(C(=O)N[C@@H]4CCCNC[C@H]4N)cc3)c(F)c2n1. The number of carbonyl (C=O) groups is 2. The van der Waals surface area contributed by atoms with E-state index in [1.807, 2.05) is 0 Å². The Kier molecular flexibility index (Phi) is 6.16. The number of phenolic OH excluding ortho intramolecular Hbond substituents is 1. The van der Waals surface area contributed by atoms with Crippen LogP contribution in [0.2, 0.25) is 0 Å². The van der Waals surface area contributed by atoms with Crippen LogP contribution in [0, 0.1) is 12.7 Å². The van der Waals surface area contributed by atoms with Gasteiger partial charge in [-0.15, -0.1) is 0 Å². The monoisotopic (exact) mass is 436 g/mol. The molecule has 32 heavy (non-hydrogen) atoms. The highest BCUT2D eigenvalue weighted by Gasteiger charge is 2.24. The Morgan fingerprint density at radius 1 is 1.19 bits per heavy atom. The lowest BCUT2D eigenvalue weighted by atomic mass is 9.98. The lowest BCUT2D eigenvalue weighted by Gasteiger charge is -2.22. The van der Waals surface area contributed by atoms with Gasteiger partial charge in [0.15, 0.2) is 11.6 Å². The molecule has 0 radical (unpaired) electrons. The first-order chi connectivity index (χ1) is 15.3. The van der Waals surface area contributed by atoms with Gasteiger partial charge in [0.1, 0.15) is 16.8 Å². The van der Waals surface area contributed by atoms with Crippen LogP contribution in [0.3, 0.4) is 0 Å². The molecule has 166 valence electrons.